The first-order valence-electron chi connectivity index (χ1n) is 9.24. The SMILES string of the molecule is CCNC(=S)NCCC1=c2ccccc2=NC1=Cc1c(O)n(C)c(=O)n(C)c1=O. The van der Waals surface area contributed by atoms with Gasteiger partial charge >= 0.3 is 5.69 Å². The third-order valence-electron chi connectivity index (χ3n) is 4.73. The van der Waals surface area contributed by atoms with Crippen LogP contribution in [0.2, 0.25) is 0 Å². The first-order valence-corrected chi connectivity index (χ1v) is 9.65. The zero-order valence-electron chi connectivity index (χ0n) is 16.5. The van der Waals surface area contributed by atoms with Gasteiger partial charge in [0.25, 0.3) is 5.56 Å². The summed E-state index contributed by atoms with van der Waals surface area (Å²) in [5, 5.41) is 18.9. The normalized spacial score (nSPS) is 13.9. The number of thiocarbonyl (C=S) groups is 1. The van der Waals surface area contributed by atoms with E-state index < -0.39 is 11.2 Å². The second-order valence-electron chi connectivity index (χ2n) is 6.62. The molecule has 2 aromatic rings. The molecule has 0 fully saturated rings. The van der Waals surface area contributed by atoms with Gasteiger partial charge in [-0.2, -0.15) is 0 Å². The van der Waals surface area contributed by atoms with E-state index in [-0.39, 0.29) is 11.4 Å². The number of aromatic nitrogens is 2. The van der Waals surface area contributed by atoms with Gasteiger partial charge in [-0.3, -0.25) is 13.9 Å². The maximum atomic E-state index is 12.6. The highest BCUT2D eigenvalue weighted by Crippen LogP contribution is 2.22. The molecule has 0 amide bonds. The number of fused-ring (bicyclic) bond motifs is 1. The van der Waals surface area contributed by atoms with Crippen molar-refractivity contribution in [1.82, 2.24) is 19.8 Å². The molecule has 0 radical (unpaired) electrons. The lowest BCUT2D eigenvalue weighted by atomic mass is 10.1. The molecule has 0 spiro atoms. The molecule has 29 heavy (non-hydrogen) atoms. The molecule has 0 aliphatic carbocycles. The fourth-order valence-electron chi connectivity index (χ4n) is 3.19. The summed E-state index contributed by atoms with van der Waals surface area (Å²) in [7, 11) is 2.79. The lowest BCUT2D eigenvalue weighted by molar-refractivity contribution is 0.410. The van der Waals surface area contributed by atoms with Crippen LogP contribution in [-0.4, -0.2) is 32.4 Å². The average molecular weight is 414 g/mol. The summed E-state index contributed by atoms with van der Waals surface area (Å²) in [5.74, 6) is -0.387. The molecule has 2 heterocycles. The van der Waals surface area contributed by atoms with Crippen LogP contribution in [0, 0.1) is 0 Å². The van der Waals surface area contributed by atoms with Gasteiger partial charge in [-0.15, -0.1) is 0 Å². The van der Waals surface area contributed by atoms with E-state index in [2.05, 4.69) is 15.6 Å². The van der Waals surface area contributed by atoms with Gasteiger partial charge < -0.3 is 15.7 Å². The molecule has 1 aliphatic heterocycles. The van der Waals surface area contributed by atoms with E-state index in [0.717, 1.165) is 31.8 Å². The number of allylic oxidation sites excluding steroid dienone is 1. The quantitative estimate of drug-likeness (QED) is 0.571. The first-order chi connectivity index (χ1) is 13.8. The van der Waals surface area contributed by atoms with Crippen molar-refractivity contribution < 1.29 is 5.11 Å². The number of benzene rings is 1. The molecule has 0 saturated heterocycles. The van der Waals surface area contributed by atoms with E-state index in [0.29, 0.717) is 23.8 Å². The zero-order valence-corrected chi connectivity index (χ0v) is 17.3. The molecule has 0 unspecified atom stereocenters. The third-order valence-corrected chi connectivity index (χ3v) is 5.01. The molecule has 152 valence electrons. The van der Waals surface area contributed by atoms with Gasteiger partial charge in [0.2, 0.25) is 5.88 Å². The number of aromatic hydroxyl groups is 1. The Morgan fingerprint density at radius 3 is 2.66 bits per heavy atom. The van der Waals surface area contributed by atoms with Crippen LogP contribution < -0.4 is 32.5 Å². The van der Waals surface area contributed by atoms with Crippen LogP contribution in [0.15, 0.2) is 44.5 Å². The molecule has 9 heteroatoms. The second-order valence-corrected chi connectivity index (χ2v) is 7.02. The number of rotatable bonds is 5. The monoisotopic (exact) mass is 413 g/mol. The Balaban J connectivity index is 2.06. The number of nitrogens with zero attached hydrogens (tertiary/aromatic N) is 3. The van der Waals surface area contributed by atoms with Crippen LogP contribution in [0.25, 0.3) is 11.6 Å². The van der Waals surface area contributed by atoms with Crippen molar-refractivity contribution in [2.24, 2.45) is 19.1 Å². The van der Waals surface area contributed by atoms with Gasteiger partial charge in [-0.25, -0.2) is 9.79 Å². The fraction of sp³-hybridized carbons (Fsp3) is 0.300. The Hall–Kier alpha value is -3.20. The van der Waals surface area contributed by atoms with Crippen LogP contribution >= 0.6 is 12.2 Å². The van der Waals surface area contributed by atoms with Crippen molar-refractivity contribution >= 4 is 29.0 Å². The molecule has 1 aromatic heterocycles. The Kier molecular flexibility index (Phi) is 5.97. The number of nitrogens with one attached hydrogen (secondary N) is 2. The predicted molar refractivity (Wildman–Crippen MR) is 116 cm³/mol. The first kappa shape index (κ1) is 20.5. The lowest BCUT2D eigenvalue weighted by Crippen LogP contribution is -2.38. The van der Waals surface area contributed by atoms with Gasteiger partial charge in [0.15, 0.2) is 5.11 Å². The van der Waals surface area contributed by atoms with E-state index in [1.165, 1.54) is 20.2 Å². The molecule has 0 saturated carbocycles. The summed E-state index contributed by atoms with van der Waals surface area (Å²) in [4.78, 5) is 29.2. The molecule has 8 nitrogen and oxygen atoms in total. The highest BCUT2D eigenvalue weighted by atomic mass is 32.1. The minimum Gasteiger partial charge on any atom is -0.494 e. The summed E-state index contributed by atoms with van der Waals surface area (Å²) < 4.78 is 2.00. The van der Waals surface area contributed by atoms with Crippen LogP contribution in [0.3, 0.4) is 0 Å². The Bertz CT molecular complexity index is 1240. The Morgan fingerprint density at radius 1 is 1.21 bits per heavy atom. The summed E-state index contributed by atoms with van der Waals surface area (Å²) in [6.45, 7) is 3.29. The van der Waals surface area contributed by atoms with E-state index in [9.17, 15) is 14.7 Å². The highest BCUT2D eigenvalue weighted by Gasteiger charge is 2.18. The molecular formula is C20H23N5O3S. The number of para-hydroxylation sites is 1. The van der Waals surface area contributed by atoms with E-state index in [1.54, 1.807) is 0 Å². The predicted octanol–water partition coefficient (Wildman–Crippen LogP) is -0.511. The van der Waals surface area contributed by atoms with Crippen molar-refractivity contribution in [2.45, 2.75) is 13.3 Å². The van der Waals surface area contributed by atoms with Crippen molar-refractivity contribution in [3.05, 3.63) is 66.9 Å². The van der Waals surface area contributed by atoms with Crippen LogP contribution in [0.5, 0.6) is 5.88 Å². The number of hydrogen-bond acceptors (Lipinski definition) is 5. The molecule has 3 rings (SSSR count). The Labute approximate surface area is 172 Å². The van der Waals surface area contributed by atoms with Crippen molar-refractivity contribution in [3.63, 3.8) is 0 Å². The van der Waals surface area contributed by atoms with E-state index in [4.69, 9.17) is 12.2 Å². The minimum atomic E-state index is -0.591. The average Bonchev–Trinajstić information content (AvgIpc) is 3.06. The minimum absolute atomic E-state index is 0.0229. The zero-order chi connectivity index (χ0) is 21.1. The molecular weight excluding hydrogens is 390 g/mol. The second kappa shape index (κ2) is 8.44. The molecule has 3 N–H and O–H groups in total. The third kappa shape index (κ3) is 4.00. The maximum Gasteiger partial charge on any atom is 0.333 e. The van der Waals surface area contributed by atoms with Gasteiger partial charge in [0.1, 0.15) is 5.56 Å². The largest absolute Gasteiger partial charge is 0.494 e. The van der Waals surface area contributed by atoms with Crippen molar-refractivity contribution in [1.29, 1.82) is 0 Å². The summed E-state index contributed by atoms with van der Waals surface area (Å²) >= 11 is 5.20. The lowest BCUT2D eigenvalue weighted by Gasteiger charge is -2.11. The van der Waals surface area contributed by atoms with Crippen LogP contribution in [0.1, 0.15) is 18.9 Å². The summed E-state index contributed by atoms with van der Waals surface area (Å²) in [6.07, 6.45) is 2.15. The molecule has 0 bridgehead atoms. The van der Waals surface area contributed by atoms with E-state index in [1.807, 2.05) is 31.2 Å². The van der Waals surface area contributed by atoms with Crippen LogP contribution in [-0.2, 0) is 14.1 Å². The van der Waals surface area contributed by atoms with E-state index >= 15 is 0 Å². The van der Waals surface area contributed by atoms with Crippen LogP contribution in [0.4, 0.5) is 0 Å². The number of hydrogen-bond donors (Lipinski definition) is 3. The summed E-state index contributed by atoms with van der Waals surface area (Å²) in [6, 6.07) is 7.68. The molecule has 1 aromatic carbocycles. The van der Waals surface area contributed by atoms with Crippen molar-refractivity contribution in [3.8, 4) is 5.88 Å². The van der Waals surface area contributed by atoms with Gasteiger partial charge in [0.05, 0.1) is 11.1 Å². The van der Waals surface area contributed by atoms with Gasteiger partial charge in [0, 0.05) is 32.4 Å². The standard InChI is InChI=1S/C20H23N5O3S/c1-4-21-19(29)22-10-9-13-12-7-5-6-8-15(12)23-16(13)11-14-17(26)24(2)20(28)25(3)18(14)27/h5-8,11,26H,4,9-10H2,1-3H3,(H2,21,22,29). The molecule has 1 aliphatic rings. The maximum absolute atomic E-state index is 12.6. The Morgan fingerprint density at radius 2 is 1.93 bits per heavy atom. The smallest absolute Gasteiger partial charge is 0.333 e. The topological polar surface area (TPSA) is 101 Å². The van der Waals surface area contributed by atoms with Gasteiger partial charge in [-0.05, 0) is 43.3 Å². The van der Waals surface area contributed by atoms with Crippen molar-refractivity contribution in [2.75, 3.05) is 13.1 Å². The summed E-state index contributed by atoms with van der Waals surface area (Å²) in [5.41, 5.74) is 0.368. The fourth-order valence-corrected chi connectivity index (χ4v) is 3.44. The highest BCUT2D eigenvalue weighted by molar-refractivity contribution is 7.80. The van der Waals surface area contributed by atoms with Gasteiger partial charge in [-0.1, -0.05) is 18.2 Å². The molecule has 0 atom stereocenters.